The van der Waals surface area contributed by atoms with Crippen LogP contribution in [0.25, 0.3) is 0 Å². The summed E-state index contributed by atoms with van der Waals surface area (Å²) >= 11 is 0. The summed E-state index contributed by atoms with van der Waals surface area (Å²) in [5, 5.41) is 0. The van der Waals surface area contributed by atoms with Crippen molar-refractivity contribution in [3.63, 3.8) is 0 Å². The molecule has 1 aliphatic rings. The third-order valence-corrected chi connectivity index (χ3v) is 2.84. The fraction of sp³-hybridized carbons (Fsp3) is 0.583. The third kappa shape index (κ3) is 2.45. The largest absolute Gasteiger partial charge is 0.255 e. The minimum Gasteiger partial charge on any atom is -0.255 e. The van der Waals surface area contributed by atoms with Gasteiger partial charge in [0.2, 0.25) is 0 Å². The zero-order valence-corrected chi connectivity index (χ0v) is 7.92. The molecule has 70 valence electrons. The molecule has 0 spiro atoms. The van der Waals surface area contributed by atoms with E-state index in [-0.39, 0.29) is 1.43 Å². The predicted molar refractivity (Wildman–Crippen MR) is 54.3 cm³/mol. The quantitative estimate of drug-likeness (QED) is 0.673. The van der Waals surface area contributed by atoms with Crippen LogP contribution in [0.3, 0.4) is 0 Å². The van der Waals surface area contributed by atoms with Crippen molar-refractivity contribution in [3.8, 4) is 0 Å². The lowest BCUT2D eigenvalue weighted by atomic mass is 9.85. The van der Waals surface area contributed by atoms with Crippen molar-refractivity contribution < 1.29 is 1.43 Å². The summed E-state index contributed by atoms with van der Waals surface area (Å²) in [6.07, 6.45) is 11.8. The topological polar surface area (TPSA) is 12.9 Å². The van der Waals surface area contributed by atoms with E-state index < -0.39 is 0 Å². The summed E-state index contributed by atoms with van der Waals surface area (Å²) in [7, 11) is 0. The van der Waals surface area contributed by atoms with E-state index in [9.17, 15) is 0 Å². The van der Waals surface area contributed by atoms with Crippen molar-refractivity contribution in [1.29, 1.82) is 0 Å². The highest BCUT2D eigenvalue weighted by molar-refractivity contribution is 5.02. The molecule has 0 bridgehead atoms. The van der Waals surface area contributed by atoms with Crippen LogP contribution in [0.2, 0.25) is 0 Å². The molecule has 1 aromatic heterocycles. The van der Waals surface area contributed by atoms with Gasteiger partial charge in [-0.25, -0.2) is 0 Å². The fourth-order valence-electron chi connectivity index (χ4n) is 2.13. The average Bonchev–Trinajstić information content (AvgIpc) is 2.21. The molecule has 1 aliphatic carbocycles. The van der Waals surface area contributed by atoms with Crippen molar-refractivity contribution in [2.45, 2.75) is 38.5 Å². The van der Waals surface area contributed by atoms with Crippen LogP contribution in [0.1, 0.15) is 39.1 Å². The number of hydrogen-bond acceptors (Lipinski definition) is 1. The minimum atomic E-state index is 0. The maximum atomic E-state index is 4.06. The van der Waals surface area contributed by atoms with Gasteiger partial charge in [-0.2, -0.15) is 0 Å². The molecule has 2 rings (SSSR count). The van der Waals surface area contributed by atoms with E-state index in [2.05, 4.69) is 17.1 Å². The first-order chi connectivity index (χ1) is 6.45. The minimum absolute atomic E-state index is 0. The molecule has 1 fully saturated rings. The zero-order chi connectivity index (χ0) is 8.93. The van der Waals surface area contributed by atoms with Gasteiger partial charge in [0.15, 0.2) is 0 Å². The SMILES string of the molecule is [HH].c1cncc(CC2CCCCC2)c#1. The lowest BCUT2D eigenvalue weighted by Crippen LogP contribution is -2.08. The lowest BCUT2D eigenvalue weighted by molar-refractivity contribution is 0.356. The van der Waals surface area contributed by atoms with Gasteiger partial charge in [-0.05, 0) is 18.4 Å². The summed E-state index contributed by atoms with van der Waals surface area (Å²) in [5.74, 6) is 0.877. The van der Waals surface area contributed by atoms with Crippen LogP contribution in [0, 0.1) is 18.1 Å². The number of aromatic nitrogens is 1. The molecule has 1 heterocycles. The molecular formula is C12H17N. The smallest absolute Gasteiger partial charge is 0.0770 e. The Kier molecular flexibility index (Phi) is 2.82. The first kappa shape index (κ1) is 8.56. The Labute approximate surface area is 81.7 Å². The molecule has 13 heavy (non-hydrogen) atoms. The lowest BCUT2D eigenvalue weighted by Gasteiger charge is -2.20. The summed E-state index contributed by atoms with van der Waals surface area (Å²) in [6.45, 7) is 0. The van der Waals surface area contributed by atoms with Crippen LogP contribution in [0.15, 0.2) is 12.4 Å². The third-order valence-electron chi connectivity index (χ3n) is 2.84. The standard InChI is InChI=1S/C12H15N.H2/c1-2-5-11(6-3-1)9-12-7-4-8-13-10-12;/h8,10-11H,1-3,5-6,9H2;1H. The Hall–Kier alpha value is -1.03. The van der Waals surface area contributed by atoms with Gasteiger partial charge in [-0.3, -0.25) is 4.98 Å². The van der Waals surface area contributed by atoms with E-state index in [4.69, 9.17) is 0 Å². The van der Waals surface area contributed by atoms with Gasteiger partial charge in [0.1, 0.15) is 0 Å². The molecule has 1 saturated carbocycles. The first-order valence-electron chi connectivity index (χ1n) is 5.17. The van der Waals surface area contributed by atoms with Crippen molar-refractivity contribution in [1.82, 2.24) is 4.98 Å². The summed E-state index contributed by atoms with van der Waals surface area (Å²) in [4.78, 5) is 4.06. The van der Waals surface area contributed by atoms with Crippen LogP contribution in [0.4, 0.5) is 0 Å². The van der Waals surface area contributed by atoms with Gasteiger partial charge in [0.25, 0.3) is 0 Å². The first-order valence-corrected chi connectivity index (χ1v) is 5.17. The van der Waals surface area contributed by atoms with Gasteiger partial charge in [-0.15, -0.1) is 0 Å². The molecule has 1 nitrogen and oxygen atoms in total. The predicted octanol–water partition coefficient (Wildman–Crippen LogP) is 3.05. The summed E-state index contributed by atoms with van der Waals surface area (Å²) < 4.78 is 0. The molecule has 1 heteroatoms. The Balaban J connectivity index is 0.000000980. The highest BCUT2D eigenvalue weighted by atomic mass is 14.6. The molecule has 0 aliphatic heterocycles. The molecule has 0 N–H and O–H groups in total. The van der Waals surface area contributed by atoms with Gasteiger partial charge >= 0.3 is 0 Å². The monoisotopic (exact) mass is 175 g/mol. The number of rotatable bonds is 2. The van der Waals surface area contributed by atoms with Gasteiger partial charge < -0.3 is 0 Å². The Bertz CT molecular complexity index is 242. The van der Waals surface area contributed by atoms with E-state index in [0.717, 1.165) is 12.3 Å². The van der Waals surface area contributed by atoms with Crippen molar-refractivity contribution >= 4 is 0 Å². The summed E-state index contributed by atoms with van der Waals surface area (Å²) in [5.41, 5.74) is 1.23. The van der Waals surface area contributed by atoms with Crippen molar-refractivity contribution in [3.05, 3.63) is 30.1 Å². The molecule has 0 radical (unpaired) electrons. The molecular weight excluding hydrogens is 158 g/mol. The van der Waals surface area contributed by atoms with E-state index in [1.54, 1.807) is 6.20 Å². The zero-order valence-electron chi connectivity index (χ0n) is 7.92. The van der Waals surface area contributed by atoms with Crippen LogP contribution in [0.5, 0.6) is 0 Å². The molecule has 0 atom stereocenters. The van der Waals surface area contributed by atoms with E-state index in [1.807, 2.05) is 6.20 Å². The average molecular weight is 175 g/mol. The van der Waals surface area contributed by atoms with E-state index >= 15 is 0 Å². The second kappa shape index (κ2) is 4.28. The maximum Gasteiger partial charge on any atom is 0.0770 e. The van der Waals surface area contributed by atoms with Gasteiger partial charge in [-0.1, -0.05) is 38.2 Å². The maximum absolute atomic E-state index is 4.06. The number of nitrogens with zero attached hydrogens (tertiary/aromatic N) is 1. The van der Waals surface area contributed by atoms with Crippen LogP contribution < -0.4 is 0 Å². The van der Waals surface area contributed by atoms with Gasteiger partial charge in [0, 0.05) is 13.2 Å². The second-order valence-electron chi connectivity index (χ2n) is 3.91. The van der Waals surface area contributed by atoms with E-state index in [0.29, 0.717) is 0 Å². The molecule has 0 amide bonds. The fourth-order valence-corrected chi connectivity index (χ4v) is 2.13. The van der Waals surface area contributed by atoms with Crippen LogP contribution in [-0.4, -0.2) is 4.98 Å². The highest BCUT2D eigenvalue weighted by Crippen LogP contribution is 2.25. The second-order valence-corrected chi connectivity index (χ2v) is 3.91. The van der Waals surface area contributed by atoms with Crippen LogP contribution in [-0.2, 0) is 6.42 Å². The molecule has 0 unspecified atom stereocenters. The highest BCUT2D eigenvalue weighted by Gasteiger charge is 2.13. The van der Waals surface area contributed by atoms with Gasteiger partial charge in [0.05, 0.1) is 6.20 Å². The Morgan fingerprint density at radius 1 is 1.38 bits per heavy atom. The van der Waals surface area contributed by atoms with Crippen LogP contribution >= 0.6 is 0 Å². The van der Waals surface area contributed by atoms with E-state index in [1.165, 1.54) is 37.7 Å². The van der Waals surface area contributed by atoms with Crippen molar-refractivity contribution in [2.75, 3.05) is 0 Å². The Morgan fingerprint density at radius 3 is 2.92 bits per heavy atom. The normalized spacial score (nSPS) is 18.2. The molecule has 1 aromatic rings. The Morgan fingerprint density at radius 2 is 2.23 bits per heavy atom. The van der Waals surface area contributed by atoms with Crippen molar-refractivity contribution in [2.24, 2.45) is 5.92 Å². The number of hydrogen-bond donors (Lipinski definition) is 0. The molecule has 0 saturated heterocycles. The molecule has 0 aromatic carbocycles. The summed E-state index contributed by atoms with van der Waals surface area (Å²) in [6, 6.07) is 6.04.